The van der Waals surface area contributed by atoms with E-state index < -0.39 is 11.7 Å². The molecule has 3 aromatic carbocycles. The summed E-state index contributed by atoms with van der Waals surface area (Å²) in [6, 6.07) is 24.4. The molecular formula is C36H27N5O3. The smallest absolute Gasteiger partial charge is 0.278 e. The van der Waals surface area contributed by atoms with Crippen molar-refractivity contribution in [3.63, 3.8) is 0 Å². The monoisotopic (exact) mass is 577 g/mol. The van der Waals surface area contributed by atoms with Crippen LogP contribution in [0.15, 0.2) is 149 Å². The first-order valence-corrected chi connectivity index (χ1v) is 14.3. The van der Waals surface area contributed by atoms with Gasteiger partial charge < -0.3 is 20.9 Å². The van der Waals surface area contributed by atoms with Gasteiger partial charge in [-0.25, -0.2) is 4.99 Å². The molecule has 8 nitrogen and oxygen atoms in total. The normalized spacial score (nSPS) is 19.5. The van der Waals surface area contributed by atoms with Crippen LogP contribution in [0.25, 0.3) is 16.8 Å². The molecule has 44 heavy (non-hydrogen) atoms. The van der Waals surface area contributed by atoms with Gasteiger partial charge in [0.15, 0.2) is 0 Å². The number of nitrogens with one attached hydrogen (secondary N) is 3. The Labute approximate surface area is 254 Å². The van der Waals surface area contributed by atoms with E-state index >= 15 is 0 Å². The quantitative estimate of drug-likeness (QED) is 0.373. The highest BCUT2D eigenvalue weighted by Crippen LogP contribution is 2.36. The number of carbonyl (C=O) groups excluding carboxylic acids is 3. The maximum atomic E-state index is 13.8. The number of hydrogen-bond acceptors (Lipinski definition) is 6. The number of anilines is 1. The van der Waals surface area contributed by atoms with Gasteiger partial charge in [-0.1, -0.05) is 72.8 Å². The highest BCUT2D eigenvalue weighted by atomic mass is 16.2. The molecule has 0 aromatic heterocycles. The third-order valence-electron chi connectivity index (χ3n) is 7.77. The van der Waals surface area contributed by atoms with Crippen LogP contribution in [0.1, 0.15) is 22.3 Å². The molecule has 0 saturated carbocycles. The van der Waals surface area contributed by atoms with Crippen LogP contribution in [-0.2, 0) is 9.59 Å². The number of para-hydroxylation sites is 1. The van der Waals surface area contributed by atoms with Gasteiger partial charge in [0.25, 0.3) is 11.8 Å². The first kappa shape index (κ1) is 26.9. The second-order valence-corrected chi connectivity index (χ2v) is 10.5. The first-order chi connectivity index (χ1) is 21.6. The molecule has 7 rings (SSSR count). The Morgan fingerprint density at radius 3 is 2.36 bits per heavy atom. The highest BCUT2D eigenvalue weighted by molar-refractivity contribution is 6.51. The topological polar surface area (TPSA) is 103 Å². The standard InChI is InChI=1S/C36H27N5O3/c42-32-22-24(17-18-28(32)39-35(43)26-13-5-4-12-25(26)23-10-2-1-3-11-23)36(44)41-21-19-29-33(27-14-6-7-16-31(27)41)40-34(38-29)30-15-8-9-20-37-30/h1-18,20,22,37-38,40H,19,21H2/b34-30-,39-28?. The van der Waals surface area contributed by atoms with Crippen LogP contribution in [0, 0.1) is 0 Å². The maximum Gasteiger partial charge on any atom is 0.278 e. The van der Waals surface area contributed by atoms with E-state index in [2.05, 4.69) is 20.9 Å². The minimum absolute atomic E-state index is 0.0134. The van der Waals surface area contributed by atoms with Crippen molar-refractivity contribution in [2.45, 2.75) is 6.42 Å². The molecule has 4 aliphatic rings. The highest BCUT2D eigenvalue weighted by Gasteiger charge is 2.32. The van der Waals surface area contributed by atoms with Crippen molar-refractivity contribution in [3.05, 3.63) is 155 Å². The Morgan fingerprint density at radius 2 is 1.57 bits per heavy atom. The summed E-state index contributed by atoms with van der Waals surface area (Å²) in [5.41, 5.74) is 6.66. The lowest BCUT2D eigenvalue weighted by molar-refractivity contribution is -0.115. The van der Waals surface area contributed by atoms with E-state index in [1.807, 2.05) is 91.2 Å². The van der Waals surface area contributed by atoms with Gasteiger partial charge in [-0.15, -0.1) is 0 Å². The van der Waals surface area contributed by atoms with E-state index in [9.17, 15) is 14.4 Å². The molecule has 3 heterocycles. The number of carbonyl (C=O) groups is 3. The number of nitrogens with zero attached hydrogens (tertiary/aromatic N) is 2. The molecule has 0 radical (unpaired) electrons. The number of allylic oxidation sites excluding steroid dienone is 5. The van der Waals surface area contributed by atoms with E-state index in [1.54, 1.807) is 23.1 Å². The number of ketones is 1. The van der Waals surface area contributed by atoms with Crippen LogP contribution in [-0.4, -0.2) is 29.9 Å². The van der Waals surface area contributed by atoms with Crippen molar-refractivity contribution < 1.29 is 14.4 Å². The molecule has 0 bridgehead atoms. The average Bonchev–Trinajstić information content (AvgIpc) is 3.44. The Hall–Kier alpha value is -6.02. The fourth-order valence-corrected chi connectivity index (χ4v) is 5.63. The van der Waals surface area contributed by atoms with Crippen molar-refractivity contribution in [3.8, 4) is 11.1 Å². The summed E-state index contributed by atoms with van der Waals surface area (Å²) in [4.78, 5) is 46.0. The lowest BCUT2D eigenvalue weighted by Crippen LogP contribution is -2.35. The lowest BCUT2D eigenvalue weighted by atomic mass is 9.99. The van der Waals surface area contributed by atoms with E-state index in [-0.39, 0.29) is 17.2 Å². The molecular weight excluding hydrogens is 550 g/mol. The number of dihydropyridines is 1. The van der Waals surface area contributed by atoms with Crippen molar-refractivity contribution >= 4 is 34.7 Å². The molecule has 0 unspecified atom stereocenters. The van der Waals surface area contributed by atoms with Crippen molar-refractivity contribution in [1.29, 1.82) is 0 Å². The van der Waals surface area contributed by atoms with Gasteiger partial charge in [-0.2, -0.15) is 0 Å². The van der Waals surface area contributed by atoms with E-state index in [0.29, 0.717) is 18.5 Å². The molecule has 3 aliphatic heterocycles. The molecule has 214 valence electrons. The Balaban J connectivity index is 1.12. The summed E-state index contributed by atoms with van der Waals surface area (Å²) in [6.07, 6.45) is 12.6. The number of benzene rings is 3. The molecule has 0 fully saturated rings. The molecule has 1 aliphatic carbocycles. The van der Waals surface area contributed by atoms with Gasteiger partial charge in [0, 0.05) is 47.6 Å². The second kappa shape index (κ2) is 11.3. The largest absolute Gasteiger partial charge is 0.359 e. The Kier molecular flexibility index (Phi) is 6.92. The first-order valence-electron chi connectivity index (χ1n) is 14.3. The number of rotatable bonds is 3. The summed E-state index contributed by atoms with van der Waals surface area (Å²) in [7, 11) is 0. The maximum absolute atomic E-state index is 13.8. The zero-order valence-electron chi connectivity index (χ0n) is 23.6. The van der Waals surface area contributed by atoms with Crippen LogP contribution < -0.4 is 20.9 Å². The van der Waals surface area contributed by atoms with Crippen LogP contribution in [0.3, 0.4) is 0 Å². The van der Waals surface area contributed by atoms with Gasteiger partial charge in [0.2, 0.25) is 5.78 Å². The summed E-state index contributed by atoms with van der Waals surface area (Å²) in [5.74, 6) is -0.469. The Morgan fingerprint density at radius 1 is 0.795 bits per heavy atom. The third kappa shape index (κ3) is 4.98. The van der Waals surface area contributed by atoms with Crippen molar-refractivity contribution in [2.75, 3.05) is 11.4 Å². The van der Waals surface area contributed by atoms with Crippen LogP contribution in [0.5, 0.6) is 0 Å². The summed E-state index contributed by atoms with van der Waals surface area (Å²) in [5, 5.41) is 10.2. The van der Waals surface area contributed by atoms with Gasteiger partial charge >= 0.3 is 0 Å². The molecule has 2 amide bonds. The van der Waals surface area contributed by atoms with E-state index in [1.165, 1.54) is 12.2 Å². The molecule has 3 aromatic rings. The van der Waals surface area contributed by atoms with Crippen molar-refractivity contribution in [1.82, 2.24) is 16.0 Å². The summed E-state index contributed by atoms with van der Waals surface area (Å²) >= 11 is 0. The van der Waals surface area contributed by atoms with Gasteiger partial charge in [0.05, 0.1) is 17.1 Å². The lowest BCUT2D eigenvalue weighted by Gasteiger charge is -2.25. The average molecular weight is 578 g/mol. The fourth-order valence-electron chi connectivity index (χ4n) is 5.63. The van der Waals surface area contributed by atoms with Gasteiger partial charge in [-0.3, -0.25) is 14.4 Å². The number of hydrogen-bond donors (Lipinski definition) is 3. The molecule has 3 N–H and O–H groups in total. The number of amides is 2. The molecule has 0 saturated heterocycles. The van der Waals surface area contributed by atoms with Crippen LogP contribution >= 0.6 is 0 Å². The predicted octanol–water partition coefficient (Wildman–Crippen LogP) is 5.14. The zero-order chi connectivity index (χ0) is 30.0. The van der Waals surface area contributed by atoms with Crippen LogP contribution in [0.4, 0.5) is 5.69 Å². The summed E-state index contributed by atoms with van der Waals surface area (Å²) < 4.78 is 0. The van der Waals surface area contributed by atoms with Crippen LogP contribution in [0.2, 0.25) is 0 Å². The fraction of sp³-hybridized carbons (Fsp3) is 0.0556. The van der Waals surface area contributed by atoms with Gasteiger partial charge in [0.1, 0.15) is 11.5 Å². The predicted molar refractivity (Wildman–Crippen MR) is 171 cm³/mol. The second-order valence-electron chi connectivity index (χ2n) is 10.5. The Bertz CT molecular complexity index is 1940. The molecule has 8 heteroatoms. The van der Waals surface area contributed by atoms with Crippen molar-refractivity contribution in [2.24, 2.45) is 4.99 Å². The van der Waals surface area contributed by atoms with E-state index in [0.717, 1.165) is 45.3 Å². The minimum atomic E-state index is -0.521. The summed E-state index contributed by atoms with van der Waals surface area (Å²) in [6.45, 7) is 0.407. The molecule has 0 spiro atoms. The zero-order valence-corrected chi connectivity index (χ0v) is 23.6. The number of fused-ring (bicyclic) bond motifs is 2. The van der Waals surface area contributed by atoms with Gasteiger partial charge in [-0.05, 0) is 47.6 Å². The third-order valence-corrected chi connectivity index (χ3v) is 7.77. The molecule has 0 atom stereocenters. The number of aliphatic imine (C=N–C) groups is 1. The minimum Gasteiger partial charge on any atom is -0.359 e. The SMILES string of the molecule is O=C1C=C(C(=O)N2CCC3=C(N/C(=C4/C=CC=CN4)N3)c3ccccc32)C=CC1=NC(=O)c1ccccc1-c1ccccc1. The van der Waals surface area contributed by atoms with E-state index in [4.69, 9.17) is 0 Å².